The number of piperidine rings is 1. The summed E-state index contributed by atoms with van der Waals surface area (Å²) in [7, 11) is -4.13. The maximum atomic E-state index is 15.5. The van der Waals surface area contributed by atoms with Gasteiger partial charge in [-0.05, 0) is 113 Å². The van der Waals surface area contributed by atoms with Crippen molar-refractivity contribution in [1.82, 2.24) is 24.1 Å². The van der Waals surface area contributed by atoms with E-state index in [9.17, 15) is 22.8 Å². The molecule has 336 valence electrons. The van der Waals surface area contributed by atoms with Crippen molar-refractivity contribution < 1.29 is 42.0 Å². The van der Waals surface area contributed by atoms with E-state index in [1.165, 1.54) is 4.31 Å². The van der Waals surface area contributed by atoms with Gasteiger partial charge in [0.25, 0.3) is 0 Å². The zero-order valence-corrected chi connectivity index (χ0v) is 37.5. The minimum Gasteiger partial charge on any atom is -0.345 e. The second-order valence-corrected chi connectivity index (χ2v) is 22.9. The van der Waals surface area contributed by atoms with E-state index in [-0.39, 0.29) is 71.9 Å². The van der Waals surface area contributed by atoms with Gasteiger partial charge >= 0.3 is 10.2 Å². The summed E-state index contributed by atoms with van der Waals surface area (Å²) in [6.45, 7) is 8.10. The molecule has 0 aromatic carbocycles. The van der Waals surface area contributed by atoms with Crippen LogP contribution in [-0.4, -0.2) is 102 Å². The monoisotopic (exact) mass is 861 g/mol. The van der Waals surface area contributed by atoms with E-state index in [2.05, 4.69) is 30.5 Å². The van der Waals surface area contributed by atoms with E-state index in [0.29, 0.717) is 64.6 Å². The third-order valence-corrected chi connectivity index (χ3v) is 18.5. The number of nitrogens with one attached hydrogen (secondary N) is 2. The fourth-order valence-electron chi connectivity index (χ4n) is 12.9. The van der Waals surface area contributed by atoms with Gasteiger partial charge in [0.05, 0.1) is 23.5 Å². The van der Waals surface area contributed by atoms with Crippen molar-refractivity contribution in [3.8, 4) is 0 Å². The molecule has 7 rings (SSSR count). The number of carbonyl (C=O) groups excluding carboxylic acids is 5. The van der Waals surface area contributed by atoms with Gasteiger partial charge in [0.15, 0.2) is 11.6 Å². The third-order valence-electron chi connectivity index (χ3n) is 17.1. The van der Waals surface area contributed by atoms with E-state index in [4.69, 9.17) is 9.60 Å². The van der Waals surface area contributed by atoms with Gasteiger partial charge in [0.1, 0.15) is 0 Å². The van der Waals surface area contributed by atoms with Crippen molar-refractivity contribution in [2.45, 2.75) is 182 Å². The van der Waals surface area contributed by atoms with Crippen LogP contribution in [0.1, 0.15) is 167 Å². The maximum Gasteiger partial charge on any atom is 0.303 e. The molecule has 7 atom stereocenters. The molecule has 2 N–H and O–H groups in total. The molecular formula is C47H75N5O7S. The Balaban J connectivity index is 1.17. The molecule has 0 radical (unpaired) electrons. The molecule has 0 aromatic rings. The molecule has 2 unspecified atom stereocenters. The highest BCUT2D eigenvalue weighted by Gasteiger charge is 2.85. The quantitative estimate of drug-likeness (QED) is 0.181. The summed E-state index contributed by atoms with van der Waals surface area (Å²) in [6.07, 6.45) is 10.8. The van der Waals surface area contributed by atoms with Crippen LogP contribution in [0.25, 0.3) is 0 Å². The number of allylic oxidation sites excluding steroid dienone is 1. The third kappa shape index (κ3) is 7.74. The van der Waals surface area contributed by atoms with Gasteiger partial charge in [-0.25, -0.2) is 4.72 Å². The van der Waals surface area contributed by atoms with Gasteiger partial charge in [0, 0.05) is 59.4 Å². The van der Waals surface area contributed by atoms with Crippen LogP contribution in [0, 0.1) is 44.8 Å². The lowest BCUT2D eigenvalue weighted by atomic mass is 9.73. The molecule has 0 bridgehead atoms. The summed E-state index contributed by atoms with van der Waals surface area (Å²) in [5.74, 6) is -4.24. The highest BCUT2D eigenvalue weighted by molar-refractivity contribution is 7.87. The number of rotatable bonds is 15. The van der Waals surface area contributed by atoms with E-state index < -0.39 is 82.5 Å². The Labute approximate surface area is 370 Å². The Bertz CT molecular complexity index is 2080. The lowest BCUT2D eigenvalue weighted by Gasteiger charge is -2.40. The smallest absolute Gasteiger partial charge is 0.303 e. The maximum absolute atomic E-state index is 15.5. The molecule has 7 aliphatic rings. The van der Waals surface area contributed by atoms with Crippen LogP contribution < -0.4 is 10.0 Å². The molecule has 3 amide bonds. The summed E-state index contributed by atoms with van der Waals surface area (Å²) in [6, 6.07) is -6.37. The molecule has 7 fully saturated rings. The SMILES string of the molecule is [2H]C([2H])([2H])C([2H])(N1CCCCC1C(=O)NC(C(=O)C[C@H](C(=O)N1C[C@]2(C[C@H]1C(=O)C[C@]1(C(=O)NS(=O)(=O)N3CCCC3)C[C@H]1C=C)C(C)(C)C21CCC1)C(C)(C)C)C1CCCCC1)C([2H])([2H])[2H]. The lowest BCUT2D eigenvalue weighted by molar-refractivity contribution is -0.147. The molecule has 4 aliphatic carbocycles. The average molecular weight is 861 g/mol. The van der Waals surface area contributed by atoms with Crippen LogP contribution in [0.2, 0.25) is 0 Å². The Morgan fingerprint density at radius 2 is 1.53 bits per heavy atom. The topological polar surface area (TPSA) is 153 Å². The number of carbonyl (C=O) groups is 5. The zero-order chi connectivity index (χ0) is 49.6. The minimum atomic E-state index is -4.13. The molecule has 0 aromatic heterocycles. The highest BCUT2D eigenvalue weighted by atomic mass is 32.2. The molecular weight excluding hydrogens is 779 g/mol. The lowest BCUT2D eigenvalue weighted by Crippen LogP contribution is -2.57. The first-order valence-corrected chi connectivity index (χ1v) is 24.3. The molecule has 2 spiro atoms. The van der Waals surface area contributed by atoms with Crippen LogP contribution in [0.4, 0.5) is 0 Å². The standard InChI is InChI=1S/C47H75N5O7S/c1-9-33-27-45(33,42(57)49-60(58,59)50-23-15-16-24-50)29-38(54)36-28-47(44(7,8)46(47)21-17-22-46)30-52(36)41(56)34(43(4,5)6)26-37(53)39(32-18-11-10-12-19-32)48-40(55)35-20-13-14-25-51(35)31(2)3/h9,31-36,39H,1,10-30H2,2-8H3,(H,48,55)(H,49,57)/t33-,34-,35?,36+,39?,45-,47-/m1/s1/i2D3,3D3,31D. The Morgan fingerprint density at radius 1 is 0.883 bits per heavy atom. The van der Waals surface area contributed by atoms with Gasteiger partial charge in [-0.2, -0.15) is 12.7 Å². The molecule has 3 aliphatic heterocycles. The molecule has 13 heteroatoms. The van der Waals surface area contributed by atoms with Gasteiger partial charge in [-0.3, -0.25) is 28.9 Å². The van der Waals surface area contributed by atoms with Crippen LogP contribution in [-0.2, 0) is 34.2 Å². The fourth-order valence-corrected chi connectivity index (χ4v) is 14.2. The molecule has 3 heterocycles. The number of likely N-dealkylation sites (tertiary alicyclic amines) is 2. The van der Waals surface area contributed by atoms with Crippen LogP contribution in [0.15, 0.2) is 12.7 Å². The van der Waals surface area contributed by atoms with Crippen molar-refractivity contribution in [2.24, 2.45) is 44.8 Å². The van der Waals surface area contributed by atoms with Crippen molar-refractivity contribution >= 4 is 39.5 Å². The van der Waals surface area contributed by atoms with Crippen LogP contribution >= 0.6 is 0 Å². The number of amides is 3. The van der Waals surface area contributed by atoms with E-state index >= 15 is 9.59 Å². The predicted octanol–water partition coefficient (Wildman–Crippen LogP) is 6.34. The first kappa shape index (κ1) is 36.8. The summed E-state index contributed by atoms with van der Waals surface area (Å²) >= 11 is 0. The van der Waals surface area contributed by atoms with Gasteiger partial charge in [0.2, 0.25) is 17.7 Å². The van der Waals surface area contributed by atoms with Crippen molar-refractivity contribution in [3.05, 3.63) is 12.7 Å². The van der Waals surface area contributed by atoms with E-state index in [1.807, 2.05) is 20.8 Å². The Hall–Kier alpha value is -2.64. The van der Waals surface area contributed by atoms with Crippen molar-refractivity contribution in [3.63, 3.8) is 0 Å². The Morgan fingerprint density at radius 3 is 2.10 bits per heavy atom. The number of Topliss-reactive ketones (excluding diaryl/α,β-unsaturated/α-hetero) is 2. The number of fused-ring (bicyclic) bond motifs is 1. The first-order valence-electron chi connectivity index (χ1n) is 26.3. The van der Waals surface area contributed by atoms with Crippen molar-refractivity contribution in [1.29, 1.82) is 0 Å². The number of hydrogen-bond donors (Lipinski definition) is 2. The fraction of sp³-hybridized carbons (Fsp3) is 0.851. The molecule has 12 nitrogen and oxygen atoms in total. The highest BCUT2D eigenvalue weighted by Crippen LogP contribution is 2.88. The number of ketones is 2. The van der Waals surface area contributed by atoms with E-state index in [0.717, 1.165) is 43.4 Å². The molecule has 3 saturated heterocycles. The van der Waals surface area contributed by atoms with Gasteiger partial charge in [-0.15, -0.1) is 6.58 Å². The van der Waals surface area contributed by atoms with E-state index in [1.54, 1.807) is 11.0 Å². The largest absolute Gasteiger partial charge is 0.345 e. The first-order chi connectivity index (χ1) is 31.0. The van der Waals surface area contributed by atoms with Crippen molar-refractivity contribution in [2.75, 3.05) is 26.2 Å². The minimum absolute atomic E-state index is 0.0676. The van der Waals surface area contributed by atoms with Gasteiger partial charge in [-0.1, -0.05) is 72.8 Å². The predicted molar refractivity (Wildman–Crippen MR) is 231 cm³/mol. The normalized spacial score (nSPS) is 35.0. The second kappa shape index (κ2) is 16.5. The van der Waals surface area contributed by atoms with Crippen LogP contribution in [0.5, 0.6) is 0 Å². The van der Waals surface area contributed by atoms with Crippen LogP contribution in [0.3, 0.4) is 0 Å². The summed E-state index contributed by atoms with van der Waals surface area (Å²) in [5.41, 5.74) is -2.79. The summed E-state index contributed by atoms with van der Waals surface area (Å²) in [5, 5.41) is 2.95. The summed E-state index contributed by atoms with van der Waals surface area (Å²) < 4.78 is 87.9. The second-order valence-electron chi connectivity index (χ2n) is 21.2. The average Bonchev–Trinajstić information content (AvgIpc) is 3.68. The summed E-state index contributed by atoms with van der Waals surface area (Å²) in [4.78, 5) is 76.6. The number of nitrogens with zero attached hydrogens (tertiary/aromatic N) is 3. The zero-order valence-electron chi connectivity index (χ0n) is 43.7. The van der Waals surface area contributed by atoms with Gasteiger partial charge < -0.3 is 10.2 Å². The molecule has 4 saturated carbocycles. The number of hydrogen-bond acceptors (Lipinski definition) is 8. The molecule has 60 heavy (non-hydrogen) atoms. The Kier molecular flexibility index (Phi) is 10.1.